The van der Waals surface area contributed by atoms with E-state index in [-0.39, 0.29) is 28.8 Å². The monoisotopic (exact) mass is 445 g/mol. The number of sulfonamides is 1. The number of nitrogens with zero attached hydrogens (tertiary/aromatic N) is 2. The molecule has 1 aliphatic carbocycles. The van der Waals surface area contributed by atoms with Gasteiger partial charge in [-0.2, -0.15) is 0 Å². The standard InChI is InChI=1S/C21H23N3O6S/c22-31(28,29)16-10-8-15(9-11-16)24-19(25)13-17(20(24)26)23(14-5-2-1-3-6-14)21(27)18-7-4-12-30-18/h4,7-12,14,17H,1-3,5-6,13H2,(H2,22,28,29). The summed E-state index contributed by atoms with van der Waals surface area (Å²) in [5.41, 5.74) is 0.235. The highest BCUT2D eigenvalue weighted by Gasteiger charge is 2.47. The number of anilines is 1. The number of hydrogen-bond acceptors (Lipinski definition) is 6. The summed E-state index contributed by atoms with van der Waals surface area (Å²) in [6, 6.07) is 7.26. The molecule has 1 aromatic carbocycles. The van der Waals surface area contributed by atoms with Crippen molar-refractivity contribution in [2.24, 2.45) is 5.14 Å². The van der Waals surface area contributed by atoms with E-state index in [9.17, 15) is 22.8 Å². The first-order valence-electron chi connectivity index (χ1n) is 10.1. The van der Waals surface area contributed by atoms with Crippen molar-refractivity contribution in [3.63, 3.8) is 0 Å². The molecule has 4 rings (SSSR count). The van der Waals surface area contributed by atoms with Crippen LogP contribution in [-0.2, 0) is 19.6 Å². The number of carbonyl (C=O) groups excluding carboxylic acids is 3. The van der Waals surface area contributed by atoms with Crippen LogP contribution < -0.4 is 10.0 Å². The van der Waals surface area contributed by atoms with Gasteiger partial charge in [-0.05, 0) is 49.2 Å². The highest BCUT2D eigenvalue weighted by atomic mass is 32.2. The topological polar surface area (TPSA) is 131 Å². The summed E-state index contributed by atoms with van der Waals surface area (Å²) in [6.45, 7) is 0. The van der Waals surface area contributed by atoms with Gasteiger partial charge in [0.25, 0.3) is 11.8 Å². The van der Waals surface area contributed by atoms with E-state index in [1.54, 1.807) is 12.1 Å². The molecule has 3 amide bonds. The second-order valence-corrected chi connectivity index (χ2v) is 9.37. The highest BCUT2D eigenvalue weighted by Crippen LogP contribution is 2.32. The number of primary sulfonamides is 1. The van der Waals surface area contributed by atoms with Gasteiger partial charge in [0.2, 0.25) is 15.9 Å². The fraction of sp³-hybridized carbons (Fsp3) is 0.381. The SMILES string of the molecule is NS(=O)(=O)c1ccc(N2C(=O)CC(N(C(=O)c3ccco3)C3CCCCC3)C2=O)cc1. The number of benzene rings is 1. The third kappa shape index (κ3) is 4.13. The van der Waals surface area contributed by atoms with E-state index >= 15 is 0 Å². The van der Waals surface area contributed by atoms with E-state index in [0.29, 0.717) is 0 Å². The molecule has 2 N–H and O–H groups in total. The maximum absolute atomic E-state index is 13.3. The predicted molar refractivity (Wildman–Crippen MR) is 110 cm³/mol. The Morgan fingerprint density at radius 1 is 1.06 bits per heavy atom. The second kappa shape index (κ2) is 8.27. The van der Waals surface area contributed by atoms with Gasteiger partial charge in [0.1, 0.15) is 6.04 Å². The molecule has 1 aliphatic heterocycles. The first-order chi connectivity index (χ1) is 14.8. The van der Waals surface area contributed by atoms with Gasteiger partial charge in [-0.25, -0.2) is 18.5 Å². The number of carbonyl (C=O) groups is 3. The predicted octanol–water partition coefficient (Wildman–Crippen LogP) is 2.03. The number of nitrogens with two attached hydrogens (primary N) is 1. The number of furan rings is 1. The van der Waals surface area contributed by atoms with Crippen molar-refractivity contribution in [1.29, 1.82) is 0 Å². The van der Waals surface area contributed by atoms with Crippen LogP contribution in [0.15, 0.2) is 52.0 Å². The Bertz CT molecular complexity index is 1090. The van der Waals surface area contributed by atoms with Gasteiger partial charge in [0.15, 0.2) is 5.76 Å². The van der Waals surface area contributed by atoms with Crippen molar-refractivity contribution in [2.75, 3.05) is 4.90 Å². The molecule has 2 aromatic rings. The van der Waals surface area contributed by atoms with Crippen molar-refractivity contribution in [3.05, 3.63) is 48.4 Å². The summed E-state index contributed by atoms with van der Waals surface area (Å²) in [6.07, 6.45) is 5.73. The summed E-state index contributed by atoms with van der Waals surface area (Å²) in [5.74, 6) is -1.25. The Morgan fingerprint density at radius 3 is 2.32 bits per heavy atom. The number of imide groups is 1. The maximum atomic E-state index is 13.3. The molecule has 1 aromatic heterocycles. The molecule has 1 saturated carbocycles. The summed E-state index contributed by atoms with van der Waals surface area (Å²) < 4.78 is 28.2. The van der Waals surface area contributed by atoms with Crippen LogP contribution in [0.4, 0.5) is 5.69 Å². The Kier molecular flexibility index (Phi) is 5.67. The molecule has 10 heteroatoms. The lowest BCUT2D eigenvalue weighted by molar-refractivity contribution is -0.123. The number of rotatable bonds is 5. The van der Waals surface area contributed by atoms with Crippen LogP contribution in [0.2, 0.25) is 0 Å². The molecule has 0 bridgehead atoms. The molecule has 31 heavy (non-hydrogen) atoms. The molecule has 1 unspecified atom stereocenters. The van der Waals surface area contributed by atoms with Crippen molar-refractivity contribution >= 4 is 33.4 Å². The summed E-state index contributed by atoms with van der Waals surface area (Å²) >= 11 is 0. The fourth-order valence-electron chi connectivity index (χ4n) is 4.34. The molecular weight excluding hydrogens is 422 g/mol. The van der Waals surface area contributed by atoms with Gasteiger partial charge >= 0.3 is 0 Å². The summed E-state index contributed by atoms with van der Waals surface area (Å²) in [4.78, 5) is 41.7. The molecule has 0 radical (unpaired) electrons. The highest BCUT2D eigenvalue weighted by molar-refractivity contribution is 7.89. The molecule has 2 heterocycles. The second-order valence-electron chi connectivity index (χ2n) is 7.81. The van der Waals surface area contributed by atoms with Crippen molar-refractivity contribution in [1.82, 2.24) is 4.90 Å². The zero-order valence-corrected chi connectivity index (χ0v) is 17.6. The molecule has 1 saturated heterocycles. The average molecular weight is 445 g/mol. The minimum absolute atomic E-state index is 0.122. The Balaban J connectivity index is 1.65. The summed E-state index contributed by atoms with van der Waals surface area (Å²) in [7, 11) is -3.90. The van der Waals surface area contributed by atoms with Crippen LogP contribution in [0, 0.1) is 0 Å². The van der Waals surface area contributed by atoms with Crippen LogP contribution in [-0.4, -0.2) is 43.1 Å². The van der Waals surface area contributed by atoms with Gasteiger partial charge < -0.3 is 9.32 Å². The lowest BCUT2D eigenvalue weighted by atomic mass is 9.92. The van der Waals surface area contributed by atoms with E-state index < -0.39 is 33.8 Å². The third-order valence-electron chi connectivity index (χ3n) is 5.82. The Morgan fingerprint density at radius 2 is 1.74 bits per heavy atom. The van der Waals surface area contributed by atoms with Crippen LogP contribution in [0.5, 0.6) is 0 Å². The fourth-order valence-corrected chi connectivity index (χ4v) is 4.85. The lowest BCUT2D eigenvalue weighted by Crippen LogP contribution is -2.51. The third-order valence-corrected chi connectivity index (χ3v) is 6.75. The largest absolute Gasteiger partial charge is 0.459 e. The molecular formula is C21H23N3O6S. The van der Waals surface area contributed by atoms with E-state index in [4.69, 9.17) is 9.56 Å². The van der Waals surface area contributed by atoms with Crippen molar-refractivity contribution < 1.29 is 27.2 Å². The van der Waals surface area contributed by atoms with E-state index in [1.807, 2.05) is 0 Å². The first kappa shape index (κ1) is 21.3. The Hall–Kier alpha value is -2.98. The molecule has 0 spiro atoms. The van der Waals surface area contributed by atoms with E-state index in [2.05, 4.69) is 0 Å². The Labute approximate surface area is 179 Å². The number of amides is 3. The lowest BCUT2D eigenvalue weighted by Gasteiger charge is -2.36. The van der Waals surface area contributed by atoms with Gasteiger partial charge in [-0.1, -0.05) is 19.3 Å². The van der Waals surface area contributed by atoms with Crippen LogP contribution in [0.3, 0.4) is 0 Å². The molecule has 1 atom stereocenters. The molecule has 2 aliphatic rings. The quantitative estimate of drug-likeness (QED) is 0.701. The van der Waals surface area contributed by atoms with Crippen molar-refractivity contribution in [2.45, 2.75) is 55.5 Å². The minimum atomic E-state index is -3.90. The van der Waals surface area contributed by atoms with Crippen LogP contribution in [0.25, 0.3) is 0 Å². The smallest absolute Gasteiger partial charge is 0.290 e. The van der Waals surface area contributed by atoms with Gasteiger partial charge in [-0.3, -0.25) is 14.4 Å². The van der Waals surface area contributed by atoms with Gasteiger partial charge in [-0.15, -0.1) is 0 Å². The van der Waals surface area contributed by atoms with Crippen LogP contribution in [0.1, 0.15) is 49.1 Å². The maximum Gasteiger partial charge on any atom is 0.290 e. The van der Waals surface area contributed by atoms with Crippen molar-refractivity contribution in [3.8, 4) is 0 Å². The average Bonchev–Trinajstić information content (AvgIpc) is 3.37. The van der Waals surface area contributed by atoms with Gasteiger partial charge in [0.05, 0.1) is 23.3 Å². The van der Waals surface area contributed by atoms with E-state index in [0.717, 1.165) is 37.0 Å². The first-order valence-corrected chi connectivity index (χ1v) is 11.7. The minimum Gasteiger partial charge on any atom is -0.459 e. The normalized spacial score (nSPS) is 20.3. The van der Waals surface area contributed by atoms with Crippen LogP contribution >= 0.6 is 0 Å². The van der Waals surface area contributed by atoms with E-state index in [1.165, 1.54) is 35.4 Å². The van der Waals surface area contributed by atoms with Gasteiger partial charge in [0, 0.05) is 6.04 Å². The number of hydrogen-bond donors (Lipinski definition) is 1. The molecule has 164 valence electrons. The summed E-state index contributed by atoms with van der Waals surface area (Å²) in [5, 5.41) is 5.11. The zero-order valence-electron chi connectivity index (χ0n) is 16.8. The molecule has 9 nitrogen and oxygen atoms in total. The zero-order chi connectivity index (χ0) is 22.2. The molecule has 2 fully saturated rings.